The summed E-state index contributed by atoms with van der Waals surface area (Å²) in [6.07, 6.45) is 3.71. The van der Waals surface area contributed by atoms with Gasteiger partial charge in [0.1, 0.15) is 47.8 Å². The molecule has 0 bridgehead atoms. The lowest BCUT2D eigenvalue weighted by Gasteiger charge is -2.49. The number of carbonyl (C=O) groups is 3. The van der Waals surface area contributed by atoms with E-state index >= 15 is 0 Å². The number of oxime groups is 1. The molecular weight excluding hydrogens is 829 g/mol. The molecule has 2 aliphatic heterocycles. The summed E-state index contributed by atoms with van der Waals surface area (Å²) in [4.78, 5) is 58.6. The number of rotatable bonds is 15. The molecule has 0 radical (unpaired) electrons. The maximum atomic E-state index is 14.1. The van der Waals surface area contributed by atoms with Crippen LogP contribution >= 0.6 is 34.4 Å². The van der Waals surface area contributed by atoms with Gasteiger partial charge in [-0.2, -0.15) is 0 Å². The number of allylic oxidation sites excluding steroid dienone is 1. The van der Waals surface area contributed by atoms with Gasteiger partial charge in [-0.1, -0.05) is 114 Å². The van der Waals surface area contributed by atoms with Crippen LogP contribution in [0.15, 0.2) is 149 Å². The lowest BCUT2D eigenvalue weighted by atomic mass is 9.77. The average molecular weight is 869 g/mol. The lowest BCUT2D eigenvalue weighted by Crippen LogP contribution is -2.71. The van der Waals surface area contributed by atoms with E-state index in [0.717, 1.165) is 32.8 Å². The molecule has 2 N–H and O–H groups in total. The van der Waals surface area contributed by atoms with E-state index in [1.165, 1.54) is 46.4 Å². The second-order valence-electron chi connectivity index (χ2n) is 13.9. The molecular formula is C46H40N6O6S3. The van der Waals surface area contributed by atoms with E-state index in [2.05, 4.69) is 57.2 Å². The highest BCUT2D eigenvalue weighted by Crippen LogP contribution is 2.43. The molecule has 308 valence electrons. The highest BCUT2D eigenvalue weighted by Gasteiger charge is 2.54. The van der Waals surface area contributed by atoms with Gasteiger partial charge in [0.05, 0.1) is 18.3 Å². The number of aryl methyl sites for hydroxylation is 1. The first kappa shape index (κ1) is 41.2. The first-order chi connectivity index (χ1) is 29.8. The van der Waals surface area contributed by atoms with E-state index in [-0.39, 0.29) is 23.7 Å². The number of carbonyl (C=O) groups excluding carboxylic acids is 3. The van der Waals surface area contributed by atoms with Crippen LogP contribution in [0.4, 0.5) is 5.13 Å². The summed E-state index contributed by atoms with van der Waals surface area (Å²) >= 11 is 4.22. The normalized spacial score (nSPS) is 16.5. The topological polar surface area (TPSA) is 144 Å². The summed E-state index contributed by atoms with van der Waals surface area (Å²) in [6, 6.07) is 36.5. The highest BCUT2D eigenvalue weighted by molar-refractivity contribution is 8.00. The van der Waals surface area contributed by atoms with Crippen LogP contribution in [0.1, 0.15) is 38.5 Å². The number of anilines is 1. The van der Waals surface area contributed by atoms with Crippen molar-refractivity contribution in [3.63, 3.8) is 0 Å². The molecule has 1 saturated heterocycles. The third-order valence-electron chi connectivity index (χ3n) is 10.3. The minimum absolute atomic E-state index is 0.0121. The van der Waals surface area contributed by atoms with E-state index in [9.17, 15) is 14.4 Å². The highest BCUT2D eigenvalue weighted by atomic mass is 32.2. The maximum Gasteiger partial charge on any atom is 0.355 e. The summed E-state index contributed by atoms with van der Waals surface area (Å²) in [5.74, 6) is -0.707. The van der Waals surface area contributed by atoms with Gasteiger partial charge in [0.25, 0.3) is 11.8 Å². The Morgan fingerprint density at radius 1 is 0.885 bits per heavy atom. The Balaban J connectivity index is 1.04. The largest absolute Gasteiger partial charge is 0.497 e. The van der Waals surface area contributed by atoms with Crippen LogP contribution in [0.3, 0.4) is 0 Å². The Hall–Kier alpha value is -6.55. The van der Waals surface area contributed by atoms with E-state index in [4.69, 9.17) is 19.3 Å². The molecule has 4 heterocycles. The number of β-lactam (4-membered cyclic amide) rings is 1. The number of benzene rings is 4. The number of fused-ring (bicyclic) bond motifs is 1. The number of amides is 2. The van der Waals surface area contributed by atoms with Crippen LogP contribution in [0.25, 0.3) is 6.08 Å². The van der Waals surface area contributed by atoms with Crippen molar-refractivity contribution < 1.29 is 28.7 Å². The van der Waals surface area contributed by atoms with Crippen LogP contribution in [0.2, 0.25) is 0 Å². The Morgan fingerprint density at radius 3 is 2.10 bits per heavy atom. The Bertz CT molecular complexity index is 2520. The number of hydrogen-bond acceptors (Lipinski definition) is 13. The SMILES string of the molecule is CO/N=C(\C(=O)NC1C(=O)N2C(C(=O)OCc3ccc(OC)cc3)=C(C=Cc3scnc3C)CS[C@@H]12)c1csc(NC(c2ccccc2)(c2ccccc2)c2ccccc2)n1. The van der Waals surface area contributed by atoms with Gasteiger partial charge in [0.2, 0.25) is 0 Å². The molecule has 2 aromatic heterocycles. The number of methoxy groups -OCH3 is 1. The van der Waals surface area contributed by atoms with Gasteiger partial charge < -0.3 is 24.9 Å². The van der Waals surface area contributed by atoms with Crippen molar-refractivity contribution in [3.8, 4) is 5.75 Å². The van der Waals surface area contributed by atoms with Crippen LogP contribution in [0, 0.1) is 6.92 Å². The fourth-order valence-corrected chi connectivity index (χ4v) is 10.00. The minimum atomic E-state index is -0.962. The number of nitrogens with one attached hydrogen (secondary N) is 2. The number of aromatic nitrogens is 2. The molecule has 0 aliphatic carbocycles. The van der Waals surface area contributed by atoms with E-state index in [1.807, 2.05) is 73.7 Å². The summed E-state index contributed by atoms with van der Waals surface area (Å²) < 4.78 is 11.0. The van der Waals surface area contributed by atoms with Gasteiger partial charge in [-0.15, -0.1) is 34.4 Å². The molecule has 2 amide bonds. The third-order valence-corrected chi connectivity index (χ3v) is 13.2. The summed E-state index contributed by atoms with van der Waals surface area (Å²) in [5.41, 5.74) is 6.36. The molecule has 61 heavy (non-hydrogen) atoms. The quantitative estimate of drug-likeness (QED) is 0.0345. The van der Waals surface area contributed by atoms with Gasteiger partial charge in [-0.3, -0.25) is 14.5 Å². The predicted octanol–water partition coefficient (Wildman–Crippen LogP) is 7.78. The first-order valence-corrected chi connectivity index (χ1v) is 22.0. The Kier molecular flexibility index (Phi) is 12.4. The number of thiazole rings is 2. The van der Waals surface area contributed by atoms with Crippen molar-refractivity contribution in [3.05, 3.63) is 182 Å². The minimum Gasteiger partial charge on any atom is -0.497 e. The lowest BCUT2D eigenvalue weighted by molar-refractivity contribution is -0.153. The molecule has 2 atom stereocenters. The maximum absolute atomic E-state index is 14.1. The number of hydrogen-bond donors (Lipinski definition) is 2. The van der Waals surface area contributed by atoms with E-state index in [1.54, 1.807) is 42.3 Å². The summed E-state index contributed by atoms with van der Waals surface area (Å²) in [6.45, 7) is 1.89. The van der Waals surface area contributed by atoms with E-state index in [0.29, 0.717) is 22.2 Å². The first-order valence-electron chi connectivity index (χ1n) is 19.2. The molecule has 1 fully saturated rings. The number of nitrogens with zero attached hydrogens (tertiary/aromatic N) is 4. The van der Waals surface area contributed by atoms with Crippen molar-refractivity contribution in [2.75, 3.05) is 25.3 Å². The van der Waals surface area contributed by atoms with Gasteiger partial charge >= 0.3 is 5.97 Å². The third kappa shape index (κ3) is 8.44. The van der Waals surface area contributed by atoms with Crippen molar-refractivity contribution >= 4 is 69.1 Å². The zero-order valence-corrected chi connectivity index (χ0v) is 35.8. The monoisotopic (exact) mass is 868 g/mol. The average Bonchev–Trinajstić information content (AvgIpc) is 3.96. The second kappa shape index (κ2) is 18.4. The summed E-state index contributed by atoms with van der Waals surface area (Å²) in [5, 5.41) is 12.3. The molecule has 6 aromatic rings. The molecule has 4 aromatic carbocycles. The smallest absolute Gasteiger partial charge is 0.355 e. The fraction of sp³-hybridized carbons (Fsp3) is 0.174. The van der Waals surface area contributed by atoms with Crippen LogP contribution in [-0.2, 0) is 36.1 Å². The van der Waals surface area contributed by atoms with Crippen molar-refractivity contribution in [1.82, 2.24) is 20.2 Å². The predicted molar refractivity (Wildman–Crippen MR) is 239 cm³/mol. The zero-order chi connectivity index (χ0) is 42.3. The van der Waals surface area contributed by atoms with Crippen molar-refractivity contribution in [1.29, 1.82) is 0 Å². The number of ether oxygens (including phenoxy) is 2. The van der Waals surface area contributed by atoms with Crippen LogP contribution < -0.4 is 15.4 Å². The standard InChI is InChI=1S/C46H40N6O6S3/c1-29-37(61-28-47-29)24-21-31-26-59-43-39(42(54)52(43)40(31)44(55)58-25-30-19-22-35(56-2)23-20-30)49-41(53)38(51-57-3)36-27-60-45(48-36)50-46(32-13-7-4-8-14-32,33-15-9-5-10-16-33)34-17-11-6-12-18-34/h4-24,27-28,39,43H,25-26H2,1-3H3,(H,48,50)(H,49,53)/b24-21?,51-38-/t39?,43-/m0/s1. The fourth-order valence-electron chi connectivity index (χ4n) is 7.23. The molecule has 0 spiro atoms. The van der Waals surface area contributed by atoms with Crippen LogP contribution in [0.5, 0.6) is 5.75 Å². The second-order valence-corrected chi connectivity index (χ2v) is 16.8. The molecule has 12 nitrogen and oxygen atoms in total. The molecule has 0 saturated carbocycles. The molecule has 2 aliphatic rings. The van der Waals surface area contributed by atoms with Gasteiger partial charge in [0, 0.05) is 16.0 Å². The van der Waals surface area contributed by atoms with Crippen LogP contribution in [-0.4, -0.2) is 69.8 Å². The summed E-state index contributed by atoms with van der Waals surface area (Å²) in [7, 11) is 2.92. The zero-order valence-electron chi connectivity index (χ0n) is 33.3. The van der Waals surface area contributed by atoms with Crippen molar-refractivity contribution in [2.24, 2.45) is 5.16 Å². The molecule has 1 unspecified atom stereocenters. The van der Waals surface area contributed by atoms with Gasteiger partial charge in [-0.25, -0.2) is 14.8 Å². The van der Waals surface area contributed by atoms with E-state index < -0.39 is 34.7 Å². The van der Waals surface area contributed by atoms with Crippen molar-refractivity contribution in [2.45, 2.75) is 30.5 Å². The molecule has 15 heteroatoms. The number of thioether (sulfide) groups is 1. The molecule has 8 rings (SSSR count). The number of esters is 1. The Morgan fingerprint density at radius 2 is 1.52 bits per heavy atom. The Labute approximate surface area is 365 Å². The van der Waals surface area contributed by atoms with Gasteiger partial charge in [0.15, 0.2) is 10.8 Å². The van der Waals surface area contributed by atoms with Gasteiger partial charge in [-0.05, 0) is 53.0 Å².